The summed E-state index contributed by atoms with van der Waals surface area (Å²) < 4.78 is 0. The van der Waals surface area contributed by atoms with E-state index in [1.807, 2.05) is 55.6 Å². The van der Waals surface area contributed by atoms with Crippen molar-refractivity contribution < 1.29 is 4.79 Å². The molecule has 4 aromatic rings. The second-order valence-corrected chi connectivity index (χ2v) is 8.04. The fourth-order valence-corrected chi connectivity index (χ4v) is 4.16. The molecular formula is C24H21N3OS. The Morgan fingerprint density at radius 1 is 0.931 bits per heavy atom. The monoisotopic (exact) mass is 399 g/mol. The minimum Gasteiger partial charge on any atom is -0.292 e. The van der Waals surface area contributed by atoms with E-state index in [1.54, 1.807) is 12.4 Å². The van der Waals surface area contributed by atoms with Crippen LogP contribution >= 0.6 is 11.3 Å². The normalized spacial score (nSPS) is 10.8. The number of rotatable bonds is 6. The molecule has 0 radical (unpaired) electrons. The van der Waals surface area contributed by atoms with Gasteiger partial charge in [-0.2, -0.15) is 0 Å². The Balaban J connectivity index is 1.43. The van der Waals surface area contributed by atoms with Crippen molar-refractivity contribution in [2.75, 3.05) is 0 Å². The summed E-state index contributed by atoms with van der Waals surface area (Å²) in [5, 5.41) is 0.567. The first-order valence-electron chi connectivity index (χ1n) is 9.53. The molecular weight excluding hydrogens is 378 g/mol. The van der Waals surface area contributed by atoms with Crippen molar-refractivity contribution in [2.45, 2.75) is 26.7 Å². The zero-order valence-corrected chi connectivity index (χ0v) is 17.2. The van der Waals surface area contributed by atoms with Gasteiger partial charge >= 0.3 is 0 Å². The summed E-state index contributed by atoms with van der Waals surface area (Å²) in [6.45, 7) is 4.02. The summed E-state index contributed by atoms with van der Waals surface area (Å²) in [6, 6.07) is 16.1. The van der Waals surface area contributed by atoms with Gasteiger partial charge in [0.1, 0.15) is 0 Å². The van der Waals surface area contributed by atoms with E-state index < -0.39 is 0 Å². The Labute approximate surface area is 174 Å². The standard InChI is InChI=1S/C24H21N3OS/c1-16-12-18(14-26-23(16)20-10-11-25-17(2)13-20)8-9-21(28)24-27-15-22(29-24)19-6-4-3-5-7-19/h3-7,10-15H,8-9H2,1-2H3. The van der Waals surface area contributed by atoms with E-state index in [2.05, 4.69) is 27.9 Å². The zero-order chi connectivity index (χ0) is 20.2. The lowest BCUT2D eigenvalue weighted by atomic mass is 10.0. The Bertz CT molecular complexity index is 1150. The van der Waals surface area contributed by atoms with Gasteiger partial charge in [0.15, 0.2) is 10.8 Å². The van der Waals surface area contributed by atoms with E-state index in [9.17, 15) is 4.79 Å². The molecule has 0 N–H and O–H groups in total. The molecule has 0 aliphatic heterocycles. The van der Waals surface area contributed by atoms with Crippen LogP contribution in [-0.2, 0) is 6.42 Å². The quantitative estimate of drug-likeness (QED) is 0.390. The number of benzene rings is 1. The topological polar surface area (TPSA) is 55.7 Å². The lowest BCUT2D eigenvalue weighted by molar-refractivity contribution is 0.0982. The van der Waals surface area contributed by atoms with Crippen molar-refractivity contribution in [3.63, 3.8) is 0 Å². The van der Waals surface area contributed by atoms with Gasteiger partial charge in [0.2, 0.25) is 0 Å². The van der Waals surface area contributed by atoms with Crippen LogP contribution in [0.2, 0.25) is 0 Å². The number of Topliss-reactive ketones (excluding diaryl/α,β-unsaturated/α-hetero) is 1. The molecule has 0 amide bonds. The average Bonchev–Trinajstić information content (AvgIpc) is 3.23. The number of hydrogen-bond donors (Lipinski definition) is 0. The first-order valence-corrected chi connectivity index (χ1v) is 10.3. The van der Waals surface area contributed by atoms with E-state index in [1.165, 1.54) is 11.3 Å². The summed E-state index contributed by atoms with van der Waals surface area (Å²) in [6.07, 6.45) is 6.53. The second kappa shape index (κ2) is 8.45. The molecule has 0 bridgehead atoms. The fraction of sp³-hybridized carbons (Fsp3) is 0.167. The van der Waals surface area contributed by atoms with Crippen molar-refractivity contribution in [3.8, 4) is 21.7 Å². The smallest absolute Gasteiger partial charge is 0.191 e. The van der Waals surface area contributed by atoms with Crippen molar-refractivity contribution >= 4 is 17.1 Å². The summed E-state index contributed by atoms with van der Waals surface area (Å²) in [5.41, 5.74) is 6.24. The van der Waals surface area contributed by atoms with Crippen LogP contribution in [0.5, 0.6) is 0 Å². The molecule has 29 heavy (non-hydrogen) atoms. The van der Waals surface area contributed by atoms with Crippen LogP contribution in [0.25, 0.3) is 21.7 Å². The third kappa shape index (κ3) is 4.46. The Hall–Kier alpha value is -3.18. The van der Waals surface area contributed by atoms with Gasteiger partial charge in [-0.15, -0.1) is 11.3 Å². The molecule has 0 saturated carbocycles. The highest BCUT2D eigenvalue weighted by Crippen LogP contribution is 2.27. The molecule has 0 spiro atoms. The van der Waals surface area contributed by atoms with E-state index in [0.29, 0.717) is 17.8 Å². The van der Waals surface area contributed by atoms with Gasteiger partial charge in [0.05, 0.1) is 10.6 Å². The minimum atomic E-state index is 0.0728. The Kier molecular flexibility index (Phi) is 5.58. The lowest BCUT2D eigenvalue weighted by Crippen LogP contribution is -2.01. The van der Waals surface area contributed by atoms with Gasteiger partial charge in [0.25, 0.3) is 0 Å². The first kappa shape index (κ1) is 19.2. The van der Waals surface area contributed by atoms with Gasteiger partial charge in [-0.25, -0.2) is 4.98 Å². The summed E-state index contributed by atoms with van der Waals surface area (Å²) in [4.78, 5) is 26.8. The highest BCUT2D eigenvalue weighted by molar-refractivity contribution is 7.17. The molecule has 5 heteroatoms. The molecule has 144 valence electrons. The number of aromatic nitrogens is 3. The second-order valence-electron chi connectivity index (χ2n) is 7.01. The molecule has 0 saturated heterocycles. The molecule has 0 aliphatic rings. The number of nitrogens with zero attached hydrogens (tertiary/aromatic N) is 3. The van der Waals surface area contributed by atoms with E-state index in [-0.39, 0.29) is 5.78 Å². The SMILES string of the molecule is Cc1cc(-c2ncc(CCC(=O)c3ncc(-c4ccccc4)s3)cc2C)ccn1. The highest BCUT2D eigenvalue weighted by atomic mass is 32.1. The predicted molar refractivity (Wildman–Crippen MR) is 117 cm³/mol. The Morgan fingerprint density at radius 2 is 1.76 bits per heavy atom. The molecule has 0 aliphatic carbocycles. The van der Waals surface area contributed by atoms with Crippen LogP contribution in [0.3, 0.4) is 0 Å². The third-order valence-electron chi connectivity index (χ3n) is 4.75. The Morgan fingerprint density at radius 3 is 2.52 bits per heavy atom. The highest BCUT2D eigenvalue weighted by Gasteiger charge is 2.13. The maximum atomic E-state index is 12.6. The van der Waals surface area contributed by atoms with Crippen LogP contribution in [0, 0.1) is 13.8 Å². The molecule has 3 heterocycles. The number of pyridine rings is 2. The van der Waals surface area contributed by atoms with Gasteiger partial charge in [-0.05, 0) is 49.1 Å². The molecule has 0 unspecified atom stereocenters. The van der Waals surface area contributed by atoms with Crippen molar-refractivity contribution in [1.29, 1.82) is 0 Å². The maximum Gasteiger partial charge on any atom is 0.191 e. The third-order valence-corrected chi connectivity index (χ3v) is 5.84. The van der Waals surface area contributed by atoms with Crippen LogP contribution in [0.15, 0.2) is 67.1 Å². The van der Waals surface area contributed by atoms with Crippen LogP contribution in [0.1, 0.15) is 33.0 Å². The van der Waals surface area contributed by atoms with E-state index in [0.717, 1.165) is 38.5 Å². The fourth-order valence-electron chi connectivity index (χ4n) is 3.27. The molecule has 4 rings (SSSR count). The molecule has 0 fully saturated rings. The number of thiazole rings is 1. The minimum absolute atomic E-state index is 0.0728. The molecule has 3 aromatic heterocycles. The van der Waals surface area contributed by atoms with Gasteiger partial charge in [-0.1, -0.05) is 36.4 Å². The first-order chi connectivity index (χ1) is 14.1. The van der Waals surface area contributed by atoms with Crippen LogP contribution < -0.4 is 0 Å². The van der Waals surface area contributed by atoms with Crippen LogP contribution in [-0.4, -0.2) is 20.7 Å². The predicted octanol–water partition coefficient (Wildman–Crippen LogP) is 5.70. The molecule has 0 atom stereocenters. The van der Waals surface area contributed by atoms with Gasteiger partial charge in [0, 0.05) is 36.3 Å². The largest absolute Gasteiger partial charge is 0.292 e. The molecule has 4 nitrogen and oxygen atoms in total. The lowest BCUT2D eigenvalue weighted by Gasteiger charge is -2.08. The summed E-state index contributed by atoms with van der Waals surface area (Å²) >= 11 is 1.45. The van der Waals surface area contributed by atoms with Crippen LogP contribution in [0.4, 0.5) is 0 Å². The molecule has 1 aromatic carbocycles. The van der Waals surface area contributed by atoms with E-state index >= 15 is 0 Å². The summed E-state index contributed by atoms with van der Waals surface area (Å²) in [7, 11) is 0. The van der Waals surface area contributed by atoms with Gasteiger partial charge < -0.3 is 0 Å². The number of carbonyl (C=O) groups is 1. The average molecular weight is 400 g/mol. The van der Waals surface area contributed by atoms with Gasteiger partial charge in [-0.3, -0.25) is 14.8 Å². The van der Waals surface area contributed by atoms with Crippen molar-refractivity contribution in [2.24, 2.45) is 0 Å². The number of hydrogen-bond acceptors (Lipinski definition) is 5. The van der Waals surface area contributed by atoms with E-state index in [4.69, 9.17) is 0 Å². The van der Waals surface area contributed by atoms with Crippen molar-refractivity contribution in [1.82, 2.24) is 15.0 Å². The number of ketones is 1. The van der Waals surface area contributed by atoms with Crippen molar-refractivity contribution in [3.05, 3.63) is 88.9 Å². The number of aryl methyl sites for hydroxylation is 3. The zero-order valence-electron chi connectivity index (χ0n) is 16.4. The maximum absolute atomic E-state index is 12.6. The number of carbonyl (C=O) groups excluding carboxylic acids is 1. The summed E-state index contributed by atoms with van der Waals surface area (Å²) in [5.74, 6) is 0.0728.